The highest BCUT2D eigenvalue weighted by molar-refractivity contribution is 5.88. The summed E-state index contributed by atoms with van der Waals surface area (Å²) in [7, 11) is 0. The molecule has 0 aliphatic rings. The van der Waals surface area contributed by atoms with Crippen molar-refractivity contribution < 1.29 is 14.7 Å². The molecule has 3 N–H and O–H groups in total. The maximum atomic E-state index is 11.8. The van der Waals surface area contributed by atoms with Gasteiger partial charge in [-0.3, -0.25) is 10.1 Å². The minimum absolute atomic E-state index is 0.0191. The topological polar surface area (TPSA) is 109 Å². The smallest absolute Gasteiger partial charge is 0.320 e. The molecular weight excluding hydrogens is 286 g/mol. The van der Waals surface area contributed by atoms with E-state index in [1.807, 2.05) is 13.0 Å². The fraction of sp³-hybridized carbons (Fsp3) is 0.286. The molecule has 0 bridgehead atoms. The summed E-state index contributed by atoms with van der Waals surface area (Å²) in [6.45, 7) is 2.10. The monoisotopic (exact) mass is 303 g/mol. The molecule has 0 saturated carbocycles. The molecule has 2 heterocycles. The summed E-state index contributed by atoms with van der Waals surface area (Å²) in [6.07, 6.45) is 2.04. The van der Waals surface area contributed by atoms with E-state index in [4.69, 9.17) is 5.11 Å². The first-order valence-electron chi connectivity index (χ1n) is 6.81. The first-order valence-corrected chi connectivity index (χ1v) is 6.81. The van der Waals surface area contributed by atoms with Crippen LogP contribution in [0.25, 0.3) is 5.82 Å². The van der Waals surface area contributed by atoms with Gasteiger partial charge in [0.05, 0.1) is 5.69 Å². The van der Waals surface area contributed by atoms with Crippen LogP contribution in [0.2, 0.25) is 0 Å². The number of carboxylic acids is 1. The molecule has 0 radical (unpaired) electrons. The Kier molecular flexibility index (Phi) is 5.07. The zero-order valence-electron chi connectivity index (χ0n) is 12.1. The number of aliphatic carboxylic acids is 1. The van der Waals surface area contributed by atoms with Crippen molar-refractivity contribution in [3.63, 3.8) is 0 Å². The largest absolute Gasteiger partial charge is 0.481 e. The number of aromatic nitrogens is 3. The molecule has 116 valence electrons. The number of aryl methyl sites for hydroxylation is 1. The van der Waals surface area contributed by atoms with Gasteiger partial charge in [0.2, 0.25) is 0 Å². The quantitative estimate of drug-likeness (QED) is 0.702. The van der Waals surface area contributed by atoms with E-state index in [-0.39, 0.29) is 13.0 Å². The summed E-state index contributed by atoms with van der Waals surface area (Å²) in [5.74, 6) is 0.203. The lowest BCUT2D eigenvalue weighted by Crippen LogP contribution is -2.30. The standard InChI is InChI=1S/C14H17N5O3/c1-10-9-12(17-14(22)16-8-4-6-13(20)21)19(18-10)11-5-2-3-7-15-11/h2-3,5,7,9H,4,6,8H2,1H3,(H,20,21)(H2,16,17,22). The highest BCUT2D eigenvalue weighted by atomic mass is 16.4. The van der Waals surface area contributed by atoms with Gasteiger partial charge in [0.15, 0.2) is 5.82 Å². The maximum Gasteiger partial charge on any atom is 0.320 e. The number of amides is 2. The number of nitrogens with one attached hydrogen (secondary N) is 2. The fourth-order valence-electron chi connectivity index (χ4n) is 1.84. The normalized spacial score (nSPS) is 10.2. The first-order chi connectivity index (χ1) is 10.6. The zero-order chi connectivity index (χ0) is 15.9. The van der Waals surface area contributed by atoms with Crippen LogP contribution in [0.15, 0.2) is 30.5 Å². The third-order valence-corrected chi connectivity index (χ3v) is 2.79. The Balaban J connectivity index is 1.98. The Hall–Kier alpha value is -2.90. The van der Waals surface area contributed by atoms with Gasteiger partial charge in [-0.05, 0) is 25.5 Å². The predicted octanol–water partition coefficient (Wildman–Crippen LogP) is 1.56. The third-order valence-electron chi connectivity index (χ3n) is 2.79. The molecule has 0 aliphatic carbocycles. The Bertz CT molecular complexity index is 654. The number of anilines is 1. The highest BCUT2D eigenvalue weighted by Gasteiger charge is 2.11. The molecule has 8 heteroatoms. The van der Waals surface area contributed by atoms with Crippen LogP contribution >= 0.6 is 0 Å². The molecule has 0 unspecified atom stereocenters. The number of carbonyl (C=O) groups excluding carboxylic acids is 1. The number of urea groups is 1. The second-order valence-corrected chi connectivity index (χ2v) is 4.65. The van der Waals surface area contributed by atoms with Gasteiger partial charge in [0.1, 0.15) is 5.82 Å². The first kappa shape index (κ1) is 15.5. The summed E-state index contributed by atoms with van der Waals surface area (Å²) in [6, 6.07) is 6.72. The van der Waals surface area contributed by atoms with E-state index >= 15 is 0 Å². The molecule has 2 amide bonds. The van der Waals surface area contributed by atoms with Gasteiger partial charge in [-0.2, -0.15) is 9.78 Å². The van der Waals surface area contributed by atoms with E-state index in [0.717, 1.165) is 5.69 Å². The number of carboxylic acid groups (broad SMARTS) is 1. The average molecular weight is 303 g/mol. The molecule has 0 atom stereocenters. The van der Waals surface area contributed by atoms with E-state index in [1.165, 1.54) is 4.68 Å². The van der Waals surface area contributed by atoms with E-state index in [2.05, 4.69) is 20.7 Å². The van der Waals surface area contributed by atoms with Crippen LogP contribution in [-0.4, -0.2) is 38.4 Å². The Morgan fingerprint density at radius 1 is 1.36 bits per heavy atom. The molecule has 2 aromatic heterocycles. The summed E-state index contributed by atoms with van der Waals surface area (Å²) >= 11 is 0. The Morgan fingerprint density at radius 2 is 2.18 bits per heavy atom. The molecule has 0 saturated heterocycles. The lowest BCUT2D eigenvalue weighted by Gasteiger charge is -2.09. The number of hydrogen-bond acceptors (Lipinski definition) is 4. The van der Waals surface area contributed by atoms with Crippen LogP contribution in [0.3, 0.4) is 0 Å². The zero-order valence-corrected chi connectivity index (χ0v) is 12.1. The van der Waals surface area contributed by atoms with Crippen molar-refractivity contribution in [2.75, 3.05) is 11.9 Å². The van der Waals surface area contributed by atoms with Crippen LogP contribution in [0.5, 0.6) is 0 Å². The number of pyridine rings is 1. The molecule has 2 aromatic rings. The fourth-order valence-corrected chi connectivity index (χ4v) is 1.84. The summed E-state index contributed by atoms with van der Waals surface area (Å²) in [4.78, 5) is 26.4. The number of carbonyl (C=O) groups is 2. The van der Waals surface area contributed by atoms with Crippen molar-refractivity contribution in [2.45, 2.75) is 19.8 Å². The summed E-state index contributed by atoms with van der Waals surface area (Å²) < 4.78 is 1.53. The van der Waals surface area contributed by atoms with Crippen molar-refractivity contribution in [2.24, 2.45) is 0 Å². The van der Waals surface area contributed by atoms with Crippen molar-refractivity contribution >= 4 is 17.8 Å². The molecule has 0 spiro atoms. The number of hydrogen-bond donors (Lipinski definition) is 3. The van der Waals surface area contributed by atoms with Crippen LogP contribution in [0.4, 0.5) is 10.6 Å². The molecule has 0 aliphatic heterocycles. The van der Waals surface area contributed by atoms with Crippen molar-refractivity contribution in [1.29, 1.82) is 0 Å². The molecule has 0 aromatic carbocycles. The van der Waals surface area contributed by atoms with Gasteiger partial charge in [-0.1, -0.05) is 6.07 Å². The minimum atomic E-state index is -0.883. The second kappa shape index (κ2) is 7.21. The summed E-state index contributed by atoms with van der Waals surface area (Å²) in [5, 5.41) is 18.1. The van der Waals surface area contributed by atoms with Crippen LogP contribution < -0.4 is 10.6 Å². The van der Waals surface area contributed by atoms with Gasteiger partial charge < -0.3 is 10.4 Å². The third kappa shape index (κ3) is 4.30. The lowest BCUT2D eigenvalue weighted by molar-refractivity contribution is -0.137. The van der Waals surface area contributed by atoms with E-state index < -0.39 is 12.0 Å². The van der Waals surface area contributed by atoms with Crippen molar-refractivity contribution in [3.8, 4) is 5.82 Å². The predicted molar refractivity (Wildman–Crippen MR) is 80.0 cm³/mol. The number of rotatable bonds is 6. The second-order valence-electron chi connectivity index (χ2n) is 4.65. The van der Waals surface area contributed by atoms with Crippen molar-refractivity contribution in [1.82, 2.24) is 20.1 Å². The van der Waals surface area contributed by atoms with Gasteiger partial charge in [0.25, 0.3) is 0 Å². The molecule has 0 fully saturated rings. The molecule has 22 heavy (non-hydrogen) atoms. The van der Waals surface area contributed by atoms with Gasteiger partial charge >= 0.3 is 12.0 Å². The van der Waals surface area contributed by atoms with E-state index in [1.54, 1.807) is 24.4 Å². The lowest BCUT2D eigenvalue weighted by atomic mass is 10.3. The molecule has 2 rings (SSSR count). The molecule has 8 nitrogen and oxygen atoms in total. The van der Waals surface area contributed by atoms with Gasteiger partial charge in [-0.15, -0.1) is 0 Å². The number of nitrogens with zero attached hydrogens (tertiary/aromatic N) is 3. The SMILES string of the molecule is Cc1cc(NC(=O)NCCCC(=O)O)n(-c2ccccn2)n1. The van der Waals surface area contributed by atoms with Crippen LogP contribution in [0, 0.1) is 6.92 Å². The van der Waals surface area contributed by atoms with Gasteiger partial charge in [-0.25, -0.2) is 9.78 Å². The van der Waals surface area contributed by atoms with E-state index in [9.17, 15) is 9.59 Å². The maximum absolute atomic E-state index is 11.8. The molecular formula is C14H17N5O3. The van der Waals surface area contributed by atoms with Gasteiger partial charge in [0, 0.05) is 25.2 Å². The minimum Gasteiger partial charge on any atom is -0.481 e. The van der Waals surface area contributed by atoms with E-state index in [0.29, 0.717) is 18.1 Å². The highest BCUT2D eigenvalue weighted by Crippen LogP contribution is 2.14. The van der Waals surface area contributed by atoms with Crippen LogP contribution in [-0.2, 0) is 4.79 Å². The average Bonchev–Trinajstić information content (AvgIpc) is 2.85. The van der Waals surface area contributed by atoms with Crippen molar-refractivity contribution in [3.05, 3.63) is 36.2 Å². The summed E-state index contributed by atoms with van der Waals surface area (Å²) in [5.41, 5.74) is 0.742. The van der Waals surface area contributed by atoms with Crippen LogP contribution in [0.1, 0.15) is 18.5 Å². The Labute approximate surface area is 127 Å². The Morgan fingerprint density at radius 3 is 2.86 bits per heavy atom.